The normalized spacial score (nSPS) is 16.3. The van der Waals surface area contributed by atoms with Gasteiger partial charge < -0.3 is 24.9 Å². The van der Waals surface area contributed by atoms with Gasteiger partial charge in [0, 0.05) is 11.8 Å². The van der Waals surface area contributed by atoms with Gasteiger partial charge in [-0.3, -0.25) is 9.59 Å². The SMILES string of the molecule is COc1ccc(C2NC(=O)N([C@@H](Cc3ccco3)C(=O)Nc3nc(C(=O)O)cs3)C2=O)cc1F. The molecule has 34 heavy (non-hydrogen) atoms. The van der Waals surface area contributed by atoms with E-state index >= 15 is 0 Å². The first kappa shape index (κ1) is 22.9. The van der Waals surface area contributed by atoms with Gasteiger partial charge in [0.1, 0.15) is 17.8 Å². The Hall–Kier alpha value is -4.26. The average molecular weight is 488 g/mol. The summed E-state index contributed by atoms with van der Waals surface area (Å²) in [5.74, 6) is -3.25. The first-order chi connectivity index (χ1) is 16.3. The van der Waals surface area contributed by atoms with E-state index in [4.69, 9.17) is 14.3 Å². The average Bonchev–Trinajstić information content (AvgIpc) is 3.54. The minimum absolute atomic E-state index is 0.0207. The van der Waals surface area contributed by atoms with Crippen molar-refractivity contribution >= 4 is 40.3 Å². The number of urea groups is 1. The second-order valence-corrected chi connectivity index (χ2v) is 7.97. The number of benzene rings is 1. The molecule has 2 aromatic heterocycles. The predicted octanol–water partition coefficient (Wildman–Crippen LogP) is 2.42. The number of imide groups is 1. The molecule has 3 heterocycles. The summed E-state index contributed by atoms with van der Waals surface area (Å²) in [4.78, 5) is 54.6. The zero-order valence-corrected chi connectivity index (χ0v) is 18.3. The van der Waals surface area contributed by atoms with Crippen molar-refractivity contribution < 1.29 is 37.8 Å². The largest absolute Gasteiger partial charge is 0.494 e. The number of nitrogens with zero attached hydrogens (tertiary/aromatic N) is 2. The lowest BCUT2D eigenvalue weighted by Crippen LogP contribution is -2.49. The van der Waals surface area contributed by atoms with E-state index < -0.39 is 41.7 Å². The van der Waals surface area contributed by atoms with Gasteiger partial charge in [-0.05, 0) is 29.8 Å². The van der Waals surface area contributed by atoms with Crippen molar-refractivity contribution in [3.63, 3.8) is 0 Å². The van der Waals surface area contributed by atoms with Crippen molar-refractivity contribution in [3.05, 3.63) is 64.8 Å². The number of carbonyl (C=O) groups is 4. The molecule has 4 rings (SSSR count). The third kappa shape index (κ3) is 4.45. The fourth-order valence-corrected chi connectivity index (χ4v) is 4.10. The highest BCUT2D eigenvalue weighted by Gasteiger charge is 2.46. The van der Waals surface area contributed by atoms with Gasteiger partial charge in [0.05, 0.1) is 13.4 Å². The number of furan rings is 1. The van der Waals surface area contributed by atoms with Crippen molar-refractivity contribution in [2.75, 3.05) is 12.4 Å². The molecule has 1 unspecified atom stereocenters. The van der Waals surface area contributed by atoms with Crippen LogP contribution in [0, 0.1) is 5.82 Å². The molecule has 3 N–H and O–H groups in total. The van der Waals surface area contributed by atoms with Gasteiger partial charge in [0.25, 0.3) is 5.91 Å². The number of aromatic carboxylic acids is 1. The molecular weight excluding hydrogens is 471 g/mol. The molecule has 1 saturated heterocycles. The number of thiazole rings is 1. The number of hydrogen-bond donors (Lipinski definition) is 3. The molecule has 0 spiro atoms. The van der Waals surface area contributed by atoms with Gasteiger partial charge in [-0.1, -0.05) is 6.07 Å². The number of methoxy groups -OCH3 is 1. The maximum absolute atomic E-state index is 14.2. The fraction of sp³-hybridized carbons (Fsp3) is 0.190. The van der Waals surface area contributed by atoms with Crippen molar-refractivity contribution in [1.82, 2.24) is 15.2 Å². The molecular formula is C21H17FN4O7S. The van der Waals surface area contributed by atoms with Crippen LogP contribution in [0.1, 0.15) is 27.9 Å². The Morgan fingerprint density at radius 2 is 2.18 bits per heavy atom. The van der Waals surface area contributed by atoms with Crippen LogP contribution in [-0.4, -0.2) is 52.0 Å². The Bertz CT molecular complexity index is 1260. The maximum Gasteiger partial charge on any atom is 0.355 e. The highest BCUT2D eigenvalue weighted by atomic mass is 32.1. The molecule has 11 nitrogen and oxygen atoms in total. The zero-order chi connectivity index (χ0) is 24.4. The number of halogens is 1. The fourth-order valence-electron chi connectivity index (χ4n) is 3.42. The van der Waals surface area contributed by atoms with E-state index in [0.29, 0.717) is 5.76 Å². The highest BCUT2D eigenvalue weighted by Crippen LogP contribution is 2.29. The quantitative estimate of drug-likeness (QED) is 0.409. The Morgan fingerprint density at radius 3 is 2.79 bits per heavy atom. The number of aromatic nitrogens is 1. The monoisotopic (exact) mass is 488 g/mol. The minimum Gasteiger partial charge on any atom is -0.494 e. The summed E-state index contributed by atoms with van der Waals surface area (Å²) < 4.78 is 24.3. The predicted molar refractivity (Wildman–Crippen MR) is 115 cm³/mol. The van der Waals surface area contributed by atoms with Gasteiger partial charge in [-0.2, -0.15) is 0 Å². The summed E-state index contributed by atoms with van der Waals surface area (Å²) in [7, 11) is 1.29. The van der Waals surface area contributed by atoms with Crippen LogP contribution in [0.2, 0.25) is 0 Å². The second kappa shape index (κ2) is 9.31. The molecule has 0 radical (unpaired) electrons. The zero-order valence-electron chi connectivity index (χ0n) is 17.5. The number of carbonyl (C=O) groups excluding carboxylic acids is 3. The smallest absolute Gasteiger partial charge is 0.355 e. The molecule has 13 heteroatoms. The van der Waals surface area contributed by atoms with E-state index in [-0.39, 0.29) is 28.6 Å². The van der Waals surface area contributed by atoms with Crippen molar-refractivity contribution in [3.8, 4) is 5.75 Å². The highest BCUT2D eigenvalue weighted by molar-refractivity contribution is 7.14. The molecule has 0 saturated carbocycles. The lowest BCUT2D eigenvalue weighted by Gasteiger charge is -2.23. The topological polar surface area (TPSA) is 151 Å². The molecule has 176 valence electrons. The number of hydrogen-bond acceptors (Lipinski definition) is 8. The van der Waals surface area contributed by atoms with Crippen LogP contribution in [0.4, 0.5) is 14.3 Å². The summed E-state index contributed by atoms with van der Waals surface area (Å²) in [5, 5.41) is 15.1. The van der Waals surface area contributed by atoms with E-state index in [9.17, 15) is 23.6 Å². The lowest BCUT2D eigenvalue weighted by atomic mass is 10.0. The van der Waals surface area contributed by atoms with E-state index in [1.54, 1.807) is 12.1 Å². The number of rotatable bonds is 8. The first-order valence-corrected chi connectivity index (χ1v) is 10.7. The summed E-state index contributed by atoms with van der Waals surface area (Å²) in [5.41, 5.74) is -0.0956. The molecule has 3 aromatic rings. The molecule has 1 aliphatic rings. The van der Waals surface area contributed by atoms with Gasteiger partial charge in [-0.25, -0.2) is 23.9 Å². The van der Waals surface area contributed by atoms with E-state index in [2.05, 4.69) is 15.6 Å². The molecule has 2 atom stereocenters. The van der Waals surface area contributed by atoms with Crippen molar-refractivity contribution in [1.29, 1.82) is 0 Å². The second-order valence-electron chi connectivity index (χ2n) is 7.12. The van der Waals surface area contributed by atoms with Crippen molar-refractivity contribution in [2.45, 2.75) is 18.5 Å². The number of nitrogens with one attached hydrogen (secondary N) is 2. The minimum atomic E-state index is -1.36. The Balaban J connectivity index is 1.61. The van der Waals surface area contributed by atoms with Crippen LogP contribution in [0.25, 0.3) is 0 Å². The Morgan fingerprint density at radius 1 is 1.38 bits per heavy atom. The summed E-state index contributed by atoms with van der Waals surface area (Å²) in [6.45, 7) is 0. The molecule has 0 aliphatic carbocycles. The Kier molecular flexibility index (Phi) is 6.27. The van der Waals surface area contributed by atoms with E-state index in [1.807, 2.05) is 0 Å². The van der Waals surface area contributed by atoms with Crippen LogP contribution in [0.15, 0.2) is 46.4 Å². The number of ether oxygens (including phenoxy) is 1. The summed E-state index contributed by atoms with van der Waals surface area (Å²) in [6, 6.07) is 3.53. The molecule has 1 fully saturated rings. The van der Waals surface area contributed by atoms with Gasteiger partial charge >= 0.3 is 12.0 Å². The third-order valence-electron chi connectivity index (χ3n) is 5.02. The van der Waals surface area contributed by atoms with E-state index in [1.165, 1.54) is 30.9 Å². The van der Waals surface area contributed by atoms with Crippen molar-refractivity contribution in [2.24, 2.45) is 0 Å². The van der Waals surface area contributed by atoms with Crippen LogP contribution in [0.3, 0.4) is 0 Å². The molecule has 1 aromatic carbocycles. The summed E-state index contributed by atoms with van der Waals surface area (Å²) in [6.07, 6.45) is 1.22. The van der Waals surface area contributed by atoms with Gasteiger partial charge in [0.2, 0.25) is 5.91 Å². The van der Waals surface area contributed by atoms with Crippen LogP contribution >= 0.6 is 11.3 Å². The summed E-state index contributed by atoms with van der Waals surface area (Å²) >= 11 is 0.873. The number of carboxylic acids is 1. The number of carboxylic acid groups (broad SMARTS) is 1. The molecule has 0 bridgehead atoms. The van der Waals surface area contributed by atoms with Crippen LogP contribution in [0.5, 0.6) is 5.75 Å². The number of anilines is 1. The standard InChI is InChI=1S/C21H17FN4O7S/c1-32-15-5-4-10(7-12(15)22)16-18(28)26(21(31)24-16)14(8-11-3-2-6-33-11)17(27)25-20-23-13(9-34-20)19(29)30/h2-7,9,14,16H,8H2,1H3,(H,24,31)(H,29,30)(H,23,25,27)/t14-,16?/m0/s1. The van der Waals surface area contributed by atoms with Crippen LogP contribution < -0.4 is 15.4 Å². The van der Waals surface area contributed by atoms with Gasteiger partial charge in [-0.15, -0.1) is 11.3 Å². The maximum atomic E-state index is 14.2. The third-order valence-corrected chi connectivity index (χ3v) is 5.78. The van der Waals surface area contributed by atoms with Crippen LogP contribution in [-0.2, 0) is 16.0 Å². The van der Waals surface area contributed by atoms with E-state index in [0.717, 1.165) is 22.3 Å². The molecule has 4 amide bonds. The molecule has 1 aliphatic heterocycles. The van der Waals surface area contributed by atoms with Gasteiger partial charge in [0.15, 0.2) is 22.4 Å². The lowest BCUT2D eigenvalue weighted by molar-refractivity contribution is -0.134. The first-order valence-electron chi connectivity index (χ1n) is 9.77. The Labute approximate surface area is 195 Å². The number of amides is 4.